The van der Waals surface area contributed by atoms with E-state index in [-0.39, 0.29) is 17.6 Å². The molecule has 0 saturated carbocycles. The largest absolute Gasteiger partial charge is 0.342 e. The Labute approximate surface area is 194 Å². The van der Waals surface area contributed by atoms with Crippen molar-refractivity contribution in [3.63, 3.8) is 0 Å². The number of aromatic nitrogens is 3. The molecule has 10 heteroatoms. The van der Waals surface area contributed by atoms with Crippen molar-refractivity contribution in [2.45, 2.75) is 38.5 Å². The number of halogens is 2. The summed E-state index contributed by atoms with van der Waals surface area (Å²) < 4.78 is 15.3. The van der Waals surface area contributed by atoms with E-state index in [1.54, 1.807) is 37.3 Å². The van der Waals surface area contributed by atoms with E-state index in [0.717, 1.165) is 5.56 Å². The highest BCUT2D eigenvalue weighted by Gasteiger charge is 2.20. The maximum Gasteiger partial charge on any atom is 0.251 e. The number of thioether (sulfide) groups is 1. The monoisotopic (exact) mass is 475 g/mol. The van der Waals surface area contributed by atoms with Crippen LogP contribution in [0.15, 0.2) is 47.6 Å². The number of hydrogen-bond acceptors (Lipinski definition) is 5. The van der Waals surface area contributed by atoms with Crippen molar-refractivity contribution in [2.75, 3.05) is 11.1 Å². The molecule has 0 saturated heterocycles. The second kappa shape index (κ2) is 10.6. The summed E-state index contributed by atoms with van der Waals surface area (Å²) in [5.74, 6) is -0.277. The zero-order chi connectivity index (χ0) is 23.3. The minimum Gasteiger partial charge on any atom is -0.342 e. The molecule has 3 aromatic rings. The predicted molar refractivity (Wildman–Crippen MR) is 124 cm³/mol. The van der Waals surface area contributed by atoms with Crippen LogP contribution in [0.5, 0.6) is 0 Å². The molecular formula is C22H23ClFN5O2S. The minimum absolute atomic E-state index is 0.0829. The molecule has 1 atom stereocenters. The Kier molecular flexibility index (Phi) is 7.87. The van der Waals surface area contributed by atoms with Crippen LogP contribution >= 0.6 is 23.4 Å². The SMILES string of the molecule is CCn1c(SCC(=O)Nc2cc(F)ccc2C)nnc1[C@@H](C)NC(=O)c1ccc(Cl)cc1. The molecule has 2 aromatic carbocycles. The van der Waals surface area contributed by atoms with Gasteiger partial charge in [0.2, 0.25) is 5.91 Å². The quantitative estimate of drug-likeness (QED) is 0.464. The first kappa shape index (κ1) is 23.7. The van der Waals surface area contributed by atoms with E-state index in [2.05, 4.69) is 20.8 Å². The molecule has 0 aliphatic rings. The third kappa shape index (κ3) is 5.86. The Morgan fingerprint density at radius 2 is 1.91 bits per heavy atom. The first-order chi connectivity index (χ1) is 15.3. The molecule has 0 aliphatic carbocycles. The van der Waals surface area contributed by atoms with Gasteiger partial charge in [-0.15, -0.1) is 10.2 Å². The van der Waals surface area contributed by atoms with Crippen molar-refractivity contribution in [2.24, 2.45) is 0 Å². The van der Waals surface area contributed by atoms with E-state index < -0.39 is 11.9 Å². The van der Waals surface area contributed by atoms with Crippen LogP contribution in [-0.4, -0.2) is 32.3 Å². The maximum atomic E-state index is 13.4. The van der Waals surface area contributed by atoms with E-state index in [0.29, 0.717) is 33.8 Å². The summed E-state index contributed by atoms with van der Waals surface area (Å²) >= 11 is 7.09. The molecule has 0 bridgehead atoms. The third-order valence-corrected chi connectivity index (χ3v) is 5.93. The Bertz CT molecular complexity index is 1120. The number of nitrogens with one attached hydrogen (secondary N) is 2. The van der Waals surface area contributed by atoms with Crippen molar-refractivity contribution in [3.05, 3.63) is 70.3 Å². The molecule has 3 rings (SSSR count). The lowest BCUT2D eigenvalue weighted by atomic mass is 10.2. The molecule has 1 heterocycles. The van der Waals surface area contributed by atoms with Gasteiger partial charge in [-0.2, -0.15) is 0 Å². The fraction of sp³-hybridized carbons (Fsp3) is 0.273. The average Bonchev–Trinajstić information content (AvgIpc) is 3.18. The Hall–Kier alpha value is -2.91. The van der Waals surface area contributed by atoms with Gasteiger partial charge in [-0.05, 0) is 62.7 Å². The number of aryl methyl sites for hydroxylation is 1. The lowest BCUT2D eigenvalue weighted by molar-refractivity contribution is -0.113. The smallest absolute Gasteiger partial charge is 0.251 e. The van der Waals surface area contributed by atoms with Gasteiger partial charge in [-0.3, -0.25) is 9.59 Å². The van der Waals surface area contributed by atoms with Crippen LogP contribution in [0, 0.1) is 12.7 Å². The van der Waals surface area contributed by atoms with E-state index >= 15 is 0 Å². The van der Waals surface area contributed by atoms with Crippen LogP contribution < -0.4 is 10.6 Å². The van der Waals surface area contributed by atoms with E-state index in [4.69, 9.17) is 11.6 Å². The van der Waals surface area contributed by atoms with Crippen LogP contribution in [0.25, 0.3) is 0 Å². The summed E-state index contributed by atoms with van der Waals surface area (Å²) in [4.78, 5) is 24.8. The molecule has 0 fully saturated rings. The molecular weight excluding hydrogens is 453 g/mol. The van der Waals surface area contributed by atoms with Crippen LogP contribution in [0.3, 0.4) is 0 Å². The number of hydrogen-bond donors (Lipinski definition) is 2. The molecule has 32 heavy (non-hydrogen) atoms. The van der Waals surface area contributed by atoms with E-state index in [1.165, 1.54) is 23.9 Å². The normalized spacial score (nSPS) is 11.8. The first-order valence-corrected chi connectivity index (χ1v) is 11.3. The first-order valence-electron chi connectivity index (χ1n) is 9.96. The average molecular weight is 476 g/mol. The molecule has 2 N–H and O–H groups in total. The Balaban J connectivity index is 1.63. The van der Waals surface area contributed by atoms with Gasteiger partial charge in [0.15, 0.2) is 11.0 Å². The summed E-state index contributed by atoms with van der Waals surface area (Å²) in [6.07, 6.45) is 0. The van der Waals surface area contributed by atoms with Crippen LogP contribution in [-0.2, 0) is 11.3 Å². The van der Waals surface area contributed by atoms with Gasteiger partial charge >= 0.3 is 0 Å². The standard InChI is InChI=1S/C22H23ClFN5O2S/c1-4-29-20(14(3)25-21(31)15-6-8-16(23)9-7-15)27-28-22(29)32-12-19(30)26-18-11-17(24)10-5-13(18)2/h5-11,14H,4,12H2,1-3H3,(H,25,31)(H,26,30)/t14-/m1/s1. The van der Waals surface area contributed by atoms with Crippen LogP contribution in [0.2, 0.25) is 5.02 Å². The fourth-order valence-corrected chi connectivity index (χ4v) is 3.95. The molecule has 0 spiro atoms. The van der Waals surface area contributed by atoms with Gasteiger partial charge in [0.05, 0.1) is 11.8 Å². The summed E-state index contributed by atoms with van der Waals surface area (Å²) in [6, 6.07) is 10.4. The molecule has 1 aromatic heterocycles. The van der Waals surface area contributed by atoms with E-state index in [1.807, 2.05) is 18.4 Å². The Morgan fingerprint density at radius 3 is 2.59 bits per heavy atom. The second-order valence-electron chi connectivity index (χ2n) is 7.08. The van der Waals surface area contributed by atoms with Gasteiger partial charge < -0.3 is 15.2 Å². The summed E-state index contributed by atoms with van der Waals surface area (Å²) in [5, 5.41) is 15.1. The third-order valence-electron chi connectivity index (χ3n) is 4.71. The molecule has 0 aliphatic heterocycles. The zero-order valence-electron chi connectivity index (χ0n) is 17.9. The summed E-state index contributed by atoms with van der Waals surface area (Å²) in [6.45, 7) is 6.11. The van der Waals surface area contributed by atoms with Gasteiger partial charge in [-0.25, -0.2) is 4.39 Å². The lowest BCUT2D eigenvalue weighted by Gasteiger charge is -2.15. The highest BCUT2D eigenvalue weighted by Crippen LogP contribution is 2.22. The molecule has 2 amide bonds. The number of carbonyl (C=O) groups is 2. The maximum absolute atomic E-state index is 13.4. The van der Waals surface area contributed by atoms with Crippen molar-refractivity contribution >= 4 is 40.9 Å². The van der Waals surface area contributed by atoms with Gasteiger partial charge in [0.25, 0.3) is 5.91 Å². The van der Waals surface area contributed by atoms with Crippen LogP contribution in [0.4, 0.5) is 10.1 Å². The molecule has 168 valence electrons. The number of anilines is 1. The Morgan fingerprint density at radius 1 is 1.19 bits per heavy atom. The lowest BCUT2D eigenvalue weighted by Crippen LogP contribution is -2.28. The highest BCUT2D eigenvalue weighted by atomic mass is 35.5. The zero-order valence-corrected chi connectivity index (χ0v) is 19.4. The fourth-order valence-electron chi connectivity index (χ4n) is 3.02. The van der Waals surface area contributed by atoms with E-state index in [9.17, 15) is 14.0 Å². The van der Waals surface area contributed by atoms with Crippen molar-refractivity contribution < 1.29 is 14.0 Å². The number of carbonyl (C=O) groups excluding carboxylic acids is 2. The molecule has 0 unspecified atom stereocenters. The summed E-state index contributed by atoms with van der Waals surface area (Å²) in [5.41, 5.74) is 1.70. The number of amides is 2. The number of benzene rings is 2. The number of rotatable bonds is 8. The van der Waals surface area contributed by atoms with Crippen molar-refractivity contribution in [1.29, 1.82) is 0 Å². The van der Waals surface area contributed by atoms with Crippen molar-refractivity contribution in [3.8, 4) is 0 Å². The highest BCUT2D eigenvalue weighted by molar-refractivity contribution is 7.99. The van der Waals surface area contributed by atoms with Gasteiger partial charge in [0.1, 0.15) is 5.82 Å². The van der Waals surface area contributed by atoms with Gasteiger partial charge in [-0.1, -0.05) is 29.4 Å². The summed E-state index contributed by atoms with van der Waals surface area (Å²) in [7, 11) is 0. The minimum atomic E-state index is -0.413. The molecule has 0 radical (unpaired) electrons. The van der Waals surface area contributed by atoms with Gasteiger partial charge in [0, 0.05) is 22.8 Å². The van der Waals surface area contributed by atoms with Crippen LogP contribution in [0.1, 0.15) is 41.6 Å². The number of nitrogens with zero attached hydrogens (tertiary/aromatic N) is 3. The topological polar surface area (TPSA) is 88.9 Å². The predicted octanol–water partition coefficient (Wildman–Crippen LogP) is 4.62. The molecule has 7 nitrogen and oxygen atoms in total. The van der Waals surface area contributed by atoms with Crippen molar-refractivity contribution in [1.82, 2.24) is 20.1 Å². The second-order valence-corrected chi connectivity index (χ2v) is 8.46.